The average molecular weight is 138 g/mol. The summed E-state index contributed by atoms with van der Waals surface area (Å²) in [6.45, 7) is 7.28. The van der Waals surface area contributed by atoms with E-state index in [9.17, 15) is 0 Å². The molecule has 56 valence electrons. The predicted octanol–water partition coefficient (Wildman–Crippen LogP) is 1.29. The second kappa shape index (κ2) is 1.96. The van der Waals surface area contributed by atoms with Gasteiger partial charge in [0.1, 0.15) is 5.54 Å². The van der Waals surface area contributed by atoms with E-state index in [2.05, 4.69) is 25.2 Å². The molecule has 0 amide bonds. The maximum Gasteiger partial charge on any atom is 0.104 e. The molecule has 1 heterocycles. The largest absolute Gasteiger partial charge is 0.299 e. The Morgan fingerprint density at radius 2 is 2.00 bits per heavy atom. The van der Waals surface area contributed by atoms with Crippen molar-refractivity contribution in [2.24, 2.45) is 5.41 Å². The fraction of sp³-hybridized carbons (Fsp3) is 0.875. The first-order chi connectivity index (χ1) is 4.47. The van der Waals surface area contributed by atoms with E-state index in [-0.39, 0.29) is 5.54 Å². The first-order valence-electron chi connectivity index (χ1n) is 3.64. The van der Waals surface area contributed by atoms with Gasteiger partial charge in [-0.05, 0) is 18.8 Å². The van der Waals surface area contributed by atoms with Gasteiger partial charge in [0.15, 0.2) is 0 Å². The highest BCUT2D eigenvalue weighted by Gasteiger charge is 2.39. The maximum absolute atomic E-state index is 8.75. The highest BCUT2D eigenvalue weighted by molar-refractivity contribution is 5.11. The van der Waals surface area contributed by atoms with Gasteiger partial charge in [0.2, 0.25) is 0 Å². The standard InChI is InChI=1S/C8H14N2/c1-7(2)4-8(3,5-9)10-6-7/h10H,4,6H2,1-3H3/t8-/m1/s1. The number of hydrogen-bond donors (Lipinski definition) is 1. The Kier molecular flexibility index (Phi) is 1.48. The summed E-state index contributed by atoms with van der Waals surface area (Å²) in [4.78, 5) is 0. The highest BCUT2D eigenvalue weighted by Crippen LogP contribution is 2.32. The highest BCUT2D eigenvalue weighted by atomic mass is 15.0. The zero-order chi connectivity index (χ0) is 7.83. The number of hydrogen-bond acceptors (Lipinski definition) is 2. The molecule has 1 aliphatic heterocycles. The SMILES string of the molecule is CC1(C)CN[C@@](C)(C#N)C1. The lowest BCUT2D eigenvalue weighted by Crippen LogP contribution is -2.33. The molecule has 0 bridgehead atoms. The molecule has 0 saturated carbocycles. The topological polar surface area (TPSA) is 35.8 Å². The van der Waals surface area contributed by atoms with Crippen LogP contribution in [-0.4, -0.2) is 12.1 Å². The van der Waals surface area contributed by atoms with Crippen LogP contribution in [0.5, 0.6) is 0 Å². The van der Waals surface area contributed by atoms with Crippen molar-refractivity contribution in [1.29, 1.82) is 5.26 Å². The summed E-state index contributed by atoms with van der Waals surface area (Å²) in [6, 6.07) is 2.28. The fourth-order valence-corrected chi connectivity index (χ4v) is 1.60. The van der Waals surface area contributed by atoms with Crippen LogP contribution < -0.4 is 5.32 Å². The van der Waals surface area contributed by atoms with E-state index in [0.717, 1.165) is 13.0 Å². The maximum atomic E-state index is 8.75. The molecule has 0 aromatic carbocycles. The zero-order valence-corrected chi connectivity index (χ0v) is 6.86. The van der Waals surface area contributed by atoms with Crippen molar-refractivity contribution in [2.75, 3.05) is 6.54 Å². The third-order valence-corrected chi connectivity index (χ3v) is 2.04. The zero-order valence-electron chi connectivity index (χ0n) is 6.86. The van der Waals surface area contributed by atoms with Gasteiger partial charge in [0.25, 0.3) is 0 Å². The summed E-state index contributed by atoms with van der Waals surface area (Å²) in [7, 11) is 0. The summed E-state index contributed by atoms with van der Waals surface area (Å²) in [5.74, 6) is 0. The lowest BCUT2D eigenvalue weighted by atomic mass is 9.86. The predicted molar refractivity (Wildman–Crippen MR) is 40.4 cm³/mol. The number of rotatable bonds is 0. The van der Waals surface area contributed by atoms with Crippen molar-refractivity contribution in [3.8, 4) is 6.07 Å². The van der Waals surface area contributed by atoms with Crippen molar-refractivity contribution in [1.82, 2.24) is 5.32 Å². The van der Waals surface area contributed by atoms with Gasteiger partial charge in [0, 0.05) is 6.54 Å². The molecule has 1 saturated heterocycles. The summed E-state index contributed by atoms with van der Waals surface area (Å²) >= 11 is 0. The minimum absolute atomic E-state index is 0.274. The summed E-state index contributed by atoms with van der Waals surface area (Å²) in [5, 5.41) is 12.0. The lowest BCUT2D eigenvalue weighted by molar-refractivity contribution is 0.389. The second-order valence-corrected chi connectivity index (χ2v) is 4.14. The molecule has 0 radical (unpaired) electrons. The average Bonchev–Trinajstić information content (AvgIpc) is 2.08. The van der Waals surface area contributed by atoms with Crippen molar-refractivity contribution >= 4 is 0 Å². The normalized spacial score (nSPS) is 37.4. The van der Waals surface area contributed by atoms with Gasteiger partial charge >= 0.3 is 0 Å². The van der Waals surface area contributed by atoms with Crippen LogP contribution in [0.15, 0.2) is 0 Å². The van der Waals surface area contributed by atoms with Crippen LogP contribution in [0.3, 0.4) is 0 Å². The van der Waals surface area contributed by atoms with Gasteiger partial charge in [-0.2, -0.15) is 5.26 Å². The fourth-order valence-electron chi connectivity index (χ4n) is 1.60. The van der Waals surface area contributed by atoms with Crippen molar-refractivity contribution in [2.45, 2.75) is 32.7 Å². The van der Waals surface area contributed by atoms with Gasteiger partial charge in [0.05, 0.1) is 6.07 Å². The van der Waals surface area contributed by atoms with Crippen molar-refractivity contribution < 1.29 is 0 Å². The molecular formula is C8H14N2. The van der Waals surface area contributed by atoms with Crippen LogP contribution in [0.1, 0.15) is 27.2 Å². The molecule has 2 nitrogen and oxygen atoms in total. The van der Waals surface area contributed by atoms with Gasteiger partial charge in [-0.25, -0.2) is 0 Å². The Bertz CT molecular complexity index is 178. The minimum atomic E-state index is -0.274. The third-order valence-electron chi connectivity index (χ3n) is 2.04. The molecule has 0 aromatic heterocycles. The second-order valence-electron chi connectivity index (χ2n) is 4.14. The summed E-state index contributed by atoms with van der Waals surface area (Å²) < 4.78 is 0. The van der Waals surface area contributed by atoms with Crippen LogP contribution in [0.4, 0.5) is 0 Å². The molecule has 10 heavy (non-hydrogen) atoms. The Morgan fingerprint density at radius 1 is 1.40 bits per heavy atom. The Balaban J connectivity index is 2.69. The van der Waals surface area contributed by atoms with E-state index in [0.29, 0.717) is 5.41 Å². The van der Waals surface area contributed by atoms with E-state index in [1.807, 2.05) is 6.92 Å². The van der Waals surface area contributed by atoms with E-state index in [1.54, 1.807) is 0 Å². The molecule has 0 spiro atoms. The van der Waals surface area contributed by atoms with Gasteiger partial charge in [-0.3, -0.25) is 5.32 Å². The summed E-state index contributed by atoms with van der Waals surface area (Å²) in [6.07, 6.45) is 0.955. The molecule has 1 rings (SSSR count). The molecule has 1 atom stereocenters. The van der Waals surface area contributed by atoms with Crippen LogP contribution in [0.2, 0.25) is 0 Å². The van der Waals surface area contributed by atoms with Crippen LogP contribution >= 0.6 is 0 Å². The first kappa shape index (κ1) is 7.56. The van der Waals surface area contributed by atoms with Crippen LogP contribution in [0, 0.1) is 16.7 Å². The smallest absolute Gasteiger partial charge is 0.104 e. The molecule has 0 aliphatic carbocycles. The van der Waals surface area contributed by atoms with Crippen molar-refractivity contribution in [3.63, 3.8) is 0 Å². The van der Waals surface area contributed by atoms with Crippen LogP contribution in [-0.2, 0) is 0 Å². The quantitative estimate of drug-likeness (QED) is 0.547. The van der Waals surface area contributed by atoms with Gasteiger partial charge < -0.3 is 0 Å². The number of nitrogens with one attached hydrogen (secondary N) is 1. The Labute approximate surface area is 62.2 Å². The molecular weight excluding hydrogens is 124 g/mol. The van der Waals surface area contributed by atoms with E-state index >= 15 is 0 Å². The van der Waals surface area contributed by atoms with Gasteiger partial charge in [-0.1, -0.05) is 13.8 Å². The monoisotopic (exact) mass is 138 g/mol. The number of nitriles is 1. The Morgan fingerprint density at radius 3 is 2.20 bits per heavy atom. The molecule has 1 aliphatic rings. The van der Waals surface area contributed by atoms with E-state index < -0.39 is 0 Å². The minimum Gasteiger partial charge on any atom is -0.299 e. The van der Waals surface area contributed by atoms with E-state index in [1.165, 1.54) is 0 Å². The third kappa shape index (κ3) is 1.30. The lowest BCUT2D eigenvalue weighted by Gasteiger charge is -2.17. The molecule has 0 aromatic rings. The Hall–Kier alpha value is -0.550. The van der Waals surface area contributed by atoms with Crippen molar-refractivity contribution in [3.05, 3.63) is 0 Å². The molecule has 2 heteroatoms. The molecule has 1 N–H and O–H groups in total. The van der Waals surface area contributed by atoms with Crippen LogP contribution in [0.25, 0.3) is 0 Å². The molecule has 0 unspecified atom stereocenters. The number of nitrogens with zero attached hydrogens (tertiary/aromatic N) is 1. The first-order valence-corrected chi connectivity index (χ1v) is 3.64. The molecule has 1 fully saturated rings. The van der Waals surface area contributed by atoms with E-state index in [4.69, 9.17) is 5.26 Å². The summed E-state index contributed by atoms with van der Waals surface area (Å²) in [5.41, 5.74) is 0.0218. The van der Waals surface area contributed by atoms with Gasteiger partial charge in [-0.15, -0.1) is 0 Å².